The zero-order valence-electron chi connectivity index (χ0n) is 11.5. The van der Waals surface area contributed by atoms with Crippen LogP contribution >= 0.6 is 0 Å². The number of carbonyl (C=O) groups is 1. The Labute approximate surface area is 121 Å². The van der Waals surface area contributed by atoms with Gasteiger partial charge in [0.05, 0.1) is 11.9 Å². The average Bonchev–Trinajstić information content (AvgIpc) is 2.47. The van der Waals surface area contributed by atoms with Crippen LogP contribution in [-0.4, -0.2) is 15.9 Å². The van der Waals surface area contributed by atoms with E-state index >= 15 is 0 Å². The number of aryl methyl sites for hydroxylation is 1. The van der Waals surface area contributed by atoms with Crippen LogP contribution in [0.25, 0.3) is 10.8 Å². The Morgan fingerprint density at radius 3 is 2.81 bits per heavy atom. The minimum absolute atomic E-state index is 0.285. The van der Waals surface area contributed by atoms with Crippen LogP contribution in [-0.2, 0) is 0 Å². The highest BCUT2D eigenvalue weighted by Crippen LogP contribution is 2.20. The van der Waals surface area contributed by atoms with E-state index in [0.717, 1.165) is 16.3 Å². The SMILES string of the molecule is Cc1cncc(NC(=O)c2cc3ccccc3c(N)n2)c1. The van der Waals surface area contributed by atoms with Crippen molar-refractivity contribution < 1.29 is 4.79 Å². The number of nitrogens with zero attached hydrogens (tertiary/aromatic N) is 2. The normalized spacial score (nSPS) is 10.5. The lowest BCUT2D eigenvalue weighted by molar-refractivity contribution is 0.102. The summed E-state index contributed by atoms with van der Waals surface area (Å²) < 4.78 is 0. The van der Waals surface area contributed by atoms with Gasteiger partial charge in [-0.25, -0.2) is 4.98 Å². The highest BCUT2D eigenvalue weighted by Gasteiger charge is 2.11. The topological polar surface area (TPSA) is 80.9 Å². The van der Waals surface area contributed by atoms with Gasteiger partial charge in [-0.3, -0.25) is 9.78 Å². The molecule has 0 fully saturated rings. The number of carbonyl (C=O) groups excluding carboxylic acids is 1. The van der Waals surface area contributed by atoms with Crippen LogP contribution in [0.1, 0.15) is 16.1 Å². The van der Waals surface area contributed by atoms with Gasteiger partial charge in [0.15, 0.2) is 0 Å². The first-order chi connectivity index (χ1) is 10.1. The van der Waals surface area contributed by atoms with Crippen molar-refractivity contribution in [3.05, 3.63) is 60.0 Å². The van der Waals surface area contributed by atoms with E-state index in [1.165, 1.54) is 0 Å². The molecule has 2 heterocycles. The number of amides is 1. The molecule has 0 unspecified atom stereocenters. The van der Waals surface area contributed by atoms with Crippen molar-refractivity contribution in [3.63, 3.8) is 0 Å². The van der Waals surface area contributed by atoms with Crippen molar-refractivity contribution in [2.45, 2.75) is 6.92 Å². The molecule has 5 heteroatoms. The predicted molar refractivity (Wildman–Crippen MR) is 83.1 cm³/mol. The number of rotatable bonds is 2. The summed E-state index contributed by atoms with van der Waals surface area (Å²) in [5.41, 5.74) is 7.80. The largest absolute Gasteiger partial charge is 0.383 e. The van der Waals surface area contributed by atoms with Crippen LogP contribution < -0.4 is 11.1 Å². The quantitative estimate of drug-likeness (QED) is 0.755. The molecular formula is C16H14N4O. The van der Waals surface area contributed by atoms with Crippen molar-refractivity contribution in [2.24, 2.45) is 0 Å². The van der Waals surface area contributed by atoms with Gasteiger partial charge < -0.3 is 11.1 Å². The van der Waals surface area contributed by atoms with E-state index in [1.807, 2.05) is 37.3 Å². The Bertz CT molecular complexity index is 829. The molecule has 2 aromatic heterocycles. The molecular weight excluding hydrogens is 264 g/mol. The molecule has 3 aromatic rings. The van der Waals surface area contributed by atoms with E-state index in [9.17, 15) is 4.79 Å². The number of anilines is 2. The molecule has 21 heavy (non-hydrogen) atoms. The van der Waals surface area contributed by atoms with Gasteiger partial charge >= 0.3 is 0 Å². The van der Waals surface area contributed by atoms with Gasteiger partial charge in [-0.2, -0.15) is 0 Å². The molecule has 3 rings (SSSR count). The first-order valence-corrected chi connectivity index (χ1v) is 6.52. The maximum absolute atomic E-state index is 12.3. The van der Waals surface area contributed by atoms with Gasteiger partial charge in [0, 0.05) is 11.6 Å². The van der Waals surface area contributed by atoms with Crippen molar-refractivity contribution in [1.29, 1.82) is 0 Å². The van der Waals surface area contributed by atoms with Crippen LogP contribution in [0.3, 0.4) is 0 Å². The standard InChI is InChI=1S/C16H14N4O/c1-10-6-12(9-18-8-10)19-16(21)14-7-11-4-2-3-5-13(11)15(17)20-14/h2-9H,1H3,(H2,17,20)(H,19,21). The zero-order chi connectivity index (χ0) is 14.8. The lowest BCUT2D eigenvalue weighted by Crippen LogP contribution is -2.14. The summed E-state index contributed by atoms with van der Waals surface area (Å²) in [4.78, 5) is 20.5. The van der Waals surface area contributed by atoms with E-state index in [2.05, 4.69) is 15.3 Å². The molecule has 0 aliphatic rings. The van der Waals surface area contributed by atoms with Crippen LogP contribution in [0.2, 0.25) is 0 Å². The number of fused-ring (bicyclic) bond motifs is 1. The Balaban J connectivity index is 1.94. The fraction of sp³-hybridized carbons (Fsp3) is 0.0625. The maximum atomic E-state index is 12.3. The molecule has 1 amide bonds. The number of pyridine rings is 2. The summed E-state index contributed by atoms with van der Waals surface area (Å²) in [5.74, 6) is 0.0421. The average molecular weight is 278 g/mol. The third kappa shape index (κ3) is 2.67. The molecule has 0 spiro atoms. The van der Waals surface area contributed by atoms with E-state index < -0.39 is 0 Å². The van der Waals surface area contributed by atoms with Gasteiger partial charge in [-0.1, -0.05) is 24.3 Å². The van der Waals surface area contributed by atoms with Crippen molar-refractivity contribution >= 4 is 28.2 Å². The number of nitrogens with one attached hydrogen (secondary N) is 1. The van der Waals surface area contributed by atoms with E-state index in [1.54, 1.807) is 18.5 Å². The van der Waals surface area contributed by atoms with Gasteiger partial charge in [-0.15, -0.1) is 0 Å². The van der Waals surface area contributed by atoms with Gasteiger partial charge in [0.25, 0.3) is 5.91 Å². The number of hydrogen-bond acceptors (Lipinski definition) is 4. The third-order valence-corrected chi connectivity index (χ3v) is 3.14. The maximum Gasteiger partial charge on any atom is 0.274 e. The molecule has 0 atom stereocenters. The summed E-state index contributed by atoms with van der Waals surface area (Å²) in [6.45, 7) is 1.91. The molecule has 0 saturated heterocycles. The molecule has 0 saturated carbocycles. The summed E-state index contributed by atoms with van der Waals surface area (Å²) in [6.07, 6.45) is 3.32. The first kappa shape index (κ1) is 13.1. The van der Waals surface area contributed by atoms with Gasteiger partial charge in [0.1, 0.15) is 11.5 Å². The first-order valence-electron chi connectivity index (χ1n) is 6.52. The predicted octanol–water partition coefficient (Wildman–Crippen LogP) is 2.77. The molecule has 0 aliphatic heterocycles. The Hall–Kier alpha value is -2.95. The Kier molecular flexibility index (Phi) is 3.23. The smallest absolute Gasteiger partial charge is 0.274 e. The van der Waals surface area contributed by atoms with Gasteiger partial charge in [0.2, 0.25) is 0 Å². The highest BCUT2D eigenvalue weighted by molar-refractivity contribution is 6.06. The number of hydrogen-bond donors (Lipinski definition) is 2. The lowest BCUT2D eigenvalue weighted by Gasteiger charge is -2.07. The number of aromatic nitrogens is 2. The molecule has 1 aromatic carbocycles. The zero-order valence-corrected chi connectivity index (χ0v) is 11.5. The summed E-state index contributed by atoms with van der Waals surface area (Å²) >= 11 is 0. The van der Waals surface area contributed by atoms with Crippen molar-refractivity contribution in [3.8, 4) is 0 Å². The Morgan fingerprint density at radius 2 is 2.00 bits per heavy atom. The molecule has 0 radical (unpaired) electrons. The van der Waals surface area contributed by atoms with Crippen LogP contribution in [0.4, 0.5) is 11.5 Å². The number of nitrogens with two attached hydrogens (primary N) is 1. The number of benzene rings is 1. The van der Waals surface area contributed by atoms with E-state index in [-0.39, 0.29) is 11.6 Å². The molecule has 0 aliphatic carbocycles. The van der Waals surface area contributed by atoms with Crippen LogP contribution in [0, 0.1) is 6.92 Å². The minimum atomic E-state index is -0.306. The summed E-state index contributed by atoms with van der Waals surface area (Å²) in [7, 11) is 0. The third-order valence-electron chi connectivity index (χ3n) is 3.14. The van der Waals surface area contributed by atoms with Crippen LogP contribution in [0.5, 0.6) is 0 Å². The molecule has 5 nitrogen and oxygen atoms in total. The van der Waals surface area contributed by atoms with Crippen molar-refractivity contribution in [1.82, 2.24) is 9.97 Å². The monoisotopic (exact) mass is 278 g/mol. The molecule has 3 N–H and O–H groups in total. The highest BCUT2D eigenvalue weighted by atomic mass is 16.1. The molecule has 0 bridgehead atoms. The second-order valence-corrected chi connectivity index (χ2v) is 4.82. The fourth-order valence-electron chi connectivity index (χ4n) is 2.16. The second kappa shape index (κ2) is 5.20. The number of nitrogen functional groups attached to an aromatic ring is 1. The van der Waals surface area contributed by atoms with Crippen molar-refractivity contribution in [2.75, 3.05) is 11.1 Å². The van der Waals surface area contributed by atoms with Gasteiger partial charge in [-0.05, 0) is 30.0 Å². The minimum Gasteiger partial charge on any atom is -0.383 e. The second-order valence-electron chi connectivity index (χ2n) is 4.82. The lowest BCUT2D eigenvalue weighted by atomic mass is 10.1. The summed E-state index contributed by atoms with van der Waals surface area (Å²) in [6, 6.07) is 11.1. The summed E-state index contributed by atoms with van der Waals surface area (Å²) in [5, 5.41) is 4.50. The van der Waals surface area contributed by atoms with E-state index in [4.69, 9.17) is 5.73 Å². The molecule has 104 valence electrons. The fourth-order valence-corrected chi connectivity index (χ4v) is 2.16. The van der Waals surface area contributed by atoms with E-state index in [0.29, 0.717) is 11.5 Å². The van der Waals surface area contributed by atoms with Crippen LogP contribution in [0.15, 0.2) is 48.8 Å². The Morgan fingerprint density at radius 1 is 1.19 bits per heavy atom.